The number of nitrogens with two attached hydrogens (primary N) is 1. The fourth-order valence-electron chi connectivity index (χ4n) is 3.16. The maximum Gasteiger partial charge on any atom is 0.223 e. The molecule has 0 aromatic heterocycles. The van der Waals surface area contributed by atoms with Crippen LogP contribution in [0.2, 0.25) is 0 Å². The van der Waals surface area contributed by atoms with Gasteiger partial charge in [0.1, 0.15) is 0 Å². The predicted molar refractivity (Wildman–Crippen MR) is 77.9 cm³/mol. The first-order valence-corrected chi connectivity index (χ1v) is 7.16. The summed E-state index contributed by atoms with van der Waals surface area (Å²) in [6.45, 7) is 6.95. The molecule has 0 bridgehead atoms. The van der Waals surface area contributed by atoms with Gasteiger partial charge >= 0.3 is 0 Å². The van der Waals surface area contributed by atoms with Gasteiger partial charge < -0.3 is 10.6 Å². The molecule has 1 aromatic rings. The summed E-state index contributed by atoms with van der Waals surface area (Å²) in [5, 5.41) is 0. The van der Waals surface area contributed by atoms with Gasteiger partial charge in [0.2, 0.25) is 5.91 Å². The van der Waals surface area contributed by atoms with Crippen LogP contribution < -0.4 is 5.73 Å². The molecule has 1 heterocycles. The van der Waals surface area contributed by atoms with Crippen LogP contribution in [0.25, 0.3) is 0 Å². The van der Waals surface area contributed by atoms with Crippen LogP contribution in [0.5, 0.6) is 0 Å². The molecule has 0 aliphatic carbocycles. The Morgan fingerprint density at radius 2 is 1.89 bits per heavy atom. The summed E-state index contributed by atoms with van der Waals surface area (Å²) in [4.78, 5) is 14.2. The molecular weight excluding hydrogens is 236 g/mol. The number of likely N-dealkylation sites (tertiary alicyclic amines) is 1. The largest absolute Gasteiger partial charge is 0.334 e. The van der Waals surface area contributed by atoms with Crippen molar-refractivity contribution in [3.8, 4) is 0 Å². The summed E-state index contributed by atoms with van der Waals surface area (Å²) in [7, 11) is 0. The van der Waals surface area contributed by atoms with Gasteiger partial charge in [-0.2, -0.15) is 0 Å². The van der Waals surface area contributed by atoms with E-state index in [9.17, 15) is 4.79 Å². The zero-order chi connectivity index (χ0) is 14.0. The van der Waals surface area contributed by atoms with Gasteiger partial charge in [0, 0.05) is 19.0 Å². The maximum absolute atomic E-state index is 12.2. The summed E-state index contributed by atoms with van der Waals surface area (Å²) in [6, 6.07) is 6.55. The predicted octanol–water partition coefficient (Wildman–Crippen LogP) is 2.70. The van der Waals surface area contributed by atoms with E-state index in [1.165, 1.54) is 16.7 Å². The lowest BCUT2D eigenvalue weighted by atomic mass is 9.93. The molecule has 19 heavy (non-hydrogen) atoms. The number of nitrogens with zero attached hydrogens (tertiary/aromatic N) is 1. The molecule has 2 unspecified atom stereocenters. The van der Waals surface area contributed by atoms with Crippen molar-refractivity contribution in [3.63, 3.8) is 0 Å². The zero-order valence-corrected chi connectivity index (χ0v) is 12.1. The third-order valence-electron chi connectivity index (χ3n) is 3.92. The fourth-order valence-corrected chi connectivity index (χ4v) is 3.16. The van der Waals surface area contributed by atoms with Crippen molar-refractivity contribution in [3.05, 3.63) is 34.9 Å². The van der Waals surface area contributed by atoms with Crippen LogP contribution in [-0.2, 0) is 4.79 Å². The van der Waals surface area contributed by atoms with Crippen molar-refractivity contribution in [2.24, 2.45) is 5.73 Å². The third kappa shape index (κ3) is 2.98. The summed E-state index contributed by atoms with van der Waals surface area (Å²) in [6.07, 6.45) is 2.44. The third-order valence-corrected chi connectivity index (χ3v) is 3.92. The number of carbonyl (C=O) groups is 1. The second-order valence-corrected chi connectivity index (χ2v) is 5.60. The van der Waals surface area contributed by atoms with Gasteiger partial charge in [-0.15, -0.1) is 0 Å². The quantitative estimate of drug-likeness (QED) is 0.888. The minimum atomic E-state index is 0.0265. The first-order valence-electron chi connectivity index (χ1n) is 7.16. The minimum absolute atomic E-state index is 0.0265. The van der Waals surface area contributed by atoms with E-state index in [4.69, 9.17) is 5.73 Å². The SMILES string of the molecule is CCN1C(=O)CCCC(N)C1c1cc(C)cc(C)c1. The van der Waals surface area contributed by atoms with Gasteiger partial charge in [0.25, 0.3) is 0 Å². The van der Waals surface area contributed by atoms with Gasteiger partial charge in [-0.3, -0.25) is 4.79 Å². The number of aryl methyl sites for hydroxylation is 2. The molecule has 3 nitrogen and oxygen atoms in total. The minimum Gasteiger partial charge on any atom is -0.334 e. The van der Waals surface area contributed by atoms with Crippen molar-refractivity contribution >= 4 is 5.91 Å². The maximum atomic E-state index is 12.2. The molecule has 1 aliphatic rings. The molecule has 1 aliphatic heterocycles. The molecule has 2 N–H and O–H groups in total. The number of carbonyl (C=O) groups excluding carboxylic acids is 1. The van der Waals surface area contributed by atoms with Crippen LogP contribution in [-0.4, -0.2) is 23.4 Å². The smallest absolute Gasteiger partial charge is 0.223 e. The van der Waals surface area contributed by atoms with E-state index in [2.05, 4.69) is 32.0 Å². The van der Waals surface area contributed by atoms with E-state index in [0.29, 0.717) is 6.42 Å². The van der Waals surface area contributed by atoms with Crippen LogP contribution >= 0.6 is 0 Å². The van der Waals surface area contributed by atoms with Gasteiger partial charge in [0.15, 0.2) is 0 Å². The van der Waals surface area contributed by atoms with Gasteiger partial charge in [-0.05, 0) is 39.2 Å². The number of benzene rings is 1. The highest BCUT2D eigenvalue weighted by molar-refractivity contribution is 5.77. The highest BCUT2D eigenvalue weighted by Gasteiger charge is 2.31. The standard InChI is InChI=1S/C16H24N2O/c1-4-18-15(19)7-5-6-14(17)16(18)13-9-11(2)8-12(3)10-13/h8-10,14,16H,4-7,17H2,1-3H3. The van der Waals surface area contributed by atoms with Gasteiger partial charge in [-0.1, -0.05) is 29.3 Å². The topological polar surface area (TPSA) is 46.3 Å². The van der Waals surface area contributed by atoms with Gasteiger partial charge in [-0.25, -0.2) is 0 Å². The van der Waals surface area contributed by atoms with Crippen LogP contribution in [0.15, 0.2) is 18.2 Å². The van der Waals surface area contributed by atoms with E-state index in [-0.39, 0.29) is 18.0 Å². The summed E-state index contributed by atoms with van der Waals surface area (Å²) >= 11 is 0. The summed E-state index contributed by atoms with van der Waals surface area (Å²) in [5.41, 5.74) is 9.99. The number of hydrogen-bond acceptors (Lipinski definition) is 2. The molecule has 104 valence electrons. The highest BCUT2D eigenvalue weighted by Crippen LogP contribution is 2.30. The van der Waals surface area contributed by atoms with Crippen molar-refractivity contribution in [1.82, 2.24) is 4.90 Å². The molecule has 2 atom stereocenters. The van der Waals surface area contributed by atoms with E-state index in [1.807, 2.05) is 11.8 Å². The van der Waals surface area contributed by atoms with E-state index in [1.54, 1.807) is 0 Å². The molecule has 3 heteroatoms. The monoisotopic (exact) mass is 260 g/mol. The highest BCUT2D eigenvalue weighted by atomic mass is 16.2. The number of hydrogen-bond donors (Lipinski definition) is 1. The Morgan fingerprint density at radius 1 is 1.26 bits per heavy atom. The van der Waals surface area contributed by atoms with Gasteiger partial charge in [0.05, 0.1) is 6.04 Å². The first-order chi connectivity index (χ1) is 9.02. The molecule has 1 aromatic carbocycles. The molecule has 1 amide bonds. The van der Waals surface area contributed by atoms with Crippen molar-refractivity contribution in [2.45, 2.75) is 52.1 Å². The normalized spacial score (nSPS) is 24.4. The second kappa shape index (κ2) is 5.74. The van der Waals surface area contributed by atoms with E-state index >= 15 is 0 Å². The van der Waals surface area contributed by atoms with Crippen molar-refractivity contribution < 1.29 is 4.79 Å². The number of rotatable bonds is 2. The average Bonchev–Trinajstić information content (AvgIpc) is 2.46. The molecule has 1 saturated heterocycles. The molecule has 0 spiro atoms. The molecule has 1 fully saturated rings. The fraction of sp³-hybridized carbons (Fsp3) is 0.562. The Hall–Kier alpha value is -1.35. The summed E-state index contributed by atoms with van der Waals surface area (Å²) < 4.78 is 0. The molecular formula is C16H24N2O. The summed E-state index contributed by atoms with van der Waals surface area (Å²) in [5.74, 6) is 0.236. The Morgan fingerprint density at radius 3 is 2.47 bits per heavy atom. The zero-order valence-electron chi connectivity index (χ0n) is 12.1. The average molecular weight is 260 g/mol. The Kier molecular flexibility index (Phi) is 4.25. The van der Waals surface area contributed by atoms with Crippen molar-refractivity contribution in [2.75, 3.05) is 6.54 Å². The molecule has 0 saturated carbocycles. The molecule has 0 radical (unpaired) electrons. The lowest BCUT2D eigenvalue weighted by molar-refractivity contribution is -0.133. The van der Waals surface area contributed by atoms with E-state index in [0.717, 1.165) is 19.4 Å². The first kappa shape index (κ1) is 14.1. The Balaban J connectivity index is 2.43. The lowest BCUT2D eigenvalue weighted by Gasteiger charge is -2.33. The van der Waals surface area contributed by atoms with Crippen molar-refractivity contribution in [1.29, 1.82) is 0 Å². The van der Waals surface area contributed by atoms with Crippen LogP contribution in [0.4, 0.5) is 0 Å². The number of amides is 1. The Labute approximate surface area is 115 Å². The Bertz CT molecular complexity index is 450. The lowest BCUT2D eigenvalue weighted by Crippen LogP contribution is -2.42. The van der Waals surface area contributed by atoms with Crippen LogP contribution in [0, 0.1) is 13.8 Å². The van der Waals surface area contributed by atoms with Crippen LogP contribution in [0.1, 0.15) is 48.9 Å². The van der Waals surface area contributed by atoms with E-state index < -0.39 is 0 Å². The second-order valence-electron chi connectivity index (χ2n) is 5.60. The van der Waals surface area contributed by atoms with Crippen LogP contribution in [0.3, 0.4) is 0 Å². The number of likely N-dealkylation sites (N-methyl/N-ethyl adjacent to an activating group) is 1. The molecule has 2 rings (SSSR count).